The molecule has 0 aliphatic carbocycles. The van der Waals surface area contributed by atoms with Crippen LogP contribution < -0.4 is 4.90 Å². The van der Waals surface area contributed by atoms with Crippen molar-refractivity contribution in [1.82, 2.24) is 0 Å². The Kier molecular flexibility index (Phi) is 5.82. The molecule has 0 unspecified atom stereocenters. The first-order chi connectivity index (χ1) is 11.3. The molecule has 2 rings (SSSR count). The molecule has 0 N–H and O–H groups in total. The zero-order valence-corrected chi connectivity index (χ0v) is 14.0. The third-order valence-electron chi connectivity index (χ3n) is 3.36. The largest absolute Gasteiger partial charge is 0.390 e. The Morgan fingerprint density at radius 2 is 1.79 bits per heavy atom. The minimum absolute atomic E-state index is 0.152. The maximum atomic E-state index is 12.6. The van der Waals surface area contributed by atoms with Gasteiger partial charge in [0.15, 0.2) is 0 Å². The summed E-state index contributed by atoms with van der Waals surface area (Å²) in [5.74, 6) is 0. The normalized spacial score (nSPS) is 11.3. The van der Waals surface area contributed by atoms with Gasteiger partial charge >= 0.3 is 6.18 Å². The van der Waals surface area contributed by atoms with Crippen molar-refractivity contribution in [2.24, 2.45) is 0 Å². The molecule has 2 aromatic rings. The monoisotopic (exact) mass is 402 g/mol. The smallest absolute Gasteiger partial charge is 0.361 e. The number of anilines is 1. The minimum atomic E-state index is -4.33. The van der Waals surface area contributed by atoms with E-state index in [0.29, 0.717) is 4.47 Å². The maximum absolute atomic E-state index is 12.6. The number of rotatable bonds is 6. The first-order valence-electron chi connectivity index (χ1n) is 7.06. The van der Waals surface area contributed by atoms with E-state index in [2.05, 4.69) is 15.9 Å². The van der Waals surface area contributed by atoms with Gasteiger partial charge in [0.05, 0.1) is 11.3 Å². The Morgan fingerprint density at radius 1 is 1.12 bits per heavy atom. The average Bonchev–Trinajstić information content (AvgIpc) is 2.51. The minimum Gasteiger partial charge on any atom is -0.361 e. The SMILES string of the molecule is O=[N+]([O-])c1cc(Br)ccc1N(CCC(F)(F)F)Cc1ccccc1. The van der Waals surface area contributed by atoms with Gasteiger partial charge in [-0.05, 0) is 17.7 Å². The standard InChI is InChI=1S/C16H14BrF3N2O2/c17-13-6-7-14(15(10-13)22(23)24)21(9-8-16(18,19)20)11-12-4-2-1-3-5-12/h1-7,10H,8-9,11H2. The molecule has 4 nitrogen and oxygen atoms in total. The lowest BCUT2D eigenvalue weighted by atomic mass is 10.1. The summed E-state index contributed by atoms with van der Waals surface area (Å²) in [5, 5.41) is 11.3. The van der Waals surface area contributed by atoms with Crippen LogP contribution in [0.3, 0.4) is 0 Å². The zero-order valence-electron chi connectivity index (χ0n) is 12.5. The Hall–Kier alpha value is -2.09. The van der Waals surface area contributed by atoms with Gasteiger partial charge < -0.3 is 4.90 Å². The number of hydrogen-bond donors (Lipinski definition) is 0. The van der Waals surface area contributed by atoms with Crippen LogP contribution in [0.15, 0.2) is 53.0 Å². The second-order valence-corrected chi connectivity index (χ2v) is 6.08. The van der Waals surface area contributed by atoms with Crippen LogP contribution >= 0.6 is 15.9 Å². The van der Waals surface area contributed by atoms with E-state index in [0.717, 1.165) is 5.56 Å². The molecular formula is C16H14BrF3N2O2. The molecule has 0 atom stereocenters. The molecule has 128 valence electrons. The molecule has 2 aromatic carbocycles. The number of nitrogens with zero attached hydrogens (tertiary/aromatic N) is 2. The van der Waals surface area contributed by atoms with Crippen LogP contribution in [0, 0.1) is 10.1 Å². The zero-order chi connectivity index (χ0) is 17.7. The molecule has 0 saturated carbocycles. The fourth-order valence-corrected chi connectivity index (χ4v) is 2.61. The van der Waals surface area contributed by atoms with E-state index in [1.54, 1.807) is 36.4 Å². The molecule has 8 heteroatoms. The van der Waals surface area contributed by atoms with Crippen molar-refractivity contribution >= 4 is 27.3 Å². The van der Waals surface area contributed by atoms with Gasteiger partial charge in [0.2, 0.25) is 0 Å². The van der Waals surface area contributed by atoms with Crippen LogP contribution in [0.5, 0.6) is 0 Å². The highest BCUT2D eigenvalue weighted by molar-refractivity contribution is 9.10. The summed E-state index contributed by atoms with van der Waals surface area (Å²) in [6, 6.07) is 13.2. The molecule has 0 aromatic heterocycles. The van der Waals surface area contributed by atoms with Gasteiger partial charge in [-0.1, -0.05) is 46.3 Å². The van der Waals surface area contributed by atoms with Gasteiger partial charge in [0.25, 0.3) is 5.69 Å². The van der Waals surface area contributed by atoms with Crippen molar-refractivity contribution in [3.05, 3.63) is 68.7 Å². The van der Waals surface area contributed by atoms with E-state index in [4.69, 9.17) is 0 Å². The van der Waals surface area contributed by atoms with Crippen molar-refractivity contribution in [3.63, 3.8) is 0 Å². The van der Waals surface area contributed by atoms with E-state index >= 15 is 0 Å². The maximum Gasteiger partial charge on any atom is 0.390 e. The molecule has 0 bridgehead atoms. The highest BCUT2D eigenvalue weighted by atomic mass is 79.9. The number of benzene rings is 2. The van der Waals surface area contributed by atoms with Gasteiger partial charge in [-0.15, -0.1) is 0 Å². The van der Waals surface area contributed by atoms with Crippen molar-refractivity contribution in [3.8, 4) is 0 Å². The number of nitro benzene ring substituents is 1. The van der Waals surface area contributed by atoms with Crippen molar-refractivity contribution in [2.75, 3.05) is 11.4 Å². The summed E-state index contributed by atoms with van der Waals surface area (Å²) in [7, 11) is 0. The third kappa shape index (κ3) is 5.23. The second-order valence-electron chi connectivity index (χ2n) is 5.16. The molecule has 0 heterocycles. The number of halogens is 4. The van der Waals surface area contributed by atoms with E-state index in [1.807, 2.05) is 0 Å². The lowest BCUT2D eigenvalue weighted by Crippen LogP contribution is -2.28. The summed E-state index contributed by atoms with van der Waals surface area (Å²) in [5.41, 5.74) is 0.704. The first kappa shape index (κ1) is 18.3. The second kappa shape index (κ2) is 7.65. The highest BCUT2D eigenvalue weighted by Gasteiger charge is 2.29. The molecule has 0 radical (unpaired) electrons. The van der Waals surface area contributed by atoms with Crippen LogP contribution in [-0.2, 0) is 6.54 Å². The molecule has 0 amide bonds. The van der Waals surface area contributed by atoms with Gasteiger partial charge in [0.1, 0.15) is 5.69 Å². The number of alkyl halides is 3. The predicted octanol–water partition coefficient (Wildman–Crippen LogP) is 5.32. The van der Waals surface area contributed by atoms with Gasteiger partial charge in [-0.3, -0.25) is 10.1 Å². The van der Waals surface area contributed by atoms with Crippen LogP contribution in [-0.4, -0.2) is 17.6 Å². The lowest BCUT2D eigenvalue weighted by molar-refractivity contribution is -0.384. The number of nitro groups is 1. The first-order valence-corrected chi connectivity index (χ1v) is 7.85. The fourth-order valence-electron chi connectivity index (χ4n) is 2.26. The lowest BCUT2D eigenvalue weighted by Gasteiger charge is -2.25. The Morgan fingerprint density at radius 3 is 2.38 bits per heavy atom. The van der Waals surface area contributed by atoms with Crippen molar-refractivity contribution in [2.45, 2.75) is 19.1 Å². The van der Waals surface area contributed by atoms with E-state index in [-0.39, 0.29) is 24.5 Å². The van der Waals surface area contributed by atoms with Crippen LogP contribution in [0.4, 0.5) is 24.5 Å². The summed E-state index contributed by atoms with van der Waals surface area (Å²) in [6.45, 7) is -0.208. The van der Waals surface area contributed by atoms with Crippen molar-refractivity contribution < 1.29 is 18.1 Å². The quantitative estimate of drug-likeness (QED) is 0.485. The van der Waals surface area contributed by atoms with Crippen LogP contribution in [0.25, 0.3) is 0 Å². The molecule has 0 fully saturated rings. The van der Waals surface area contributed by atoms with Gasteiger partial charge in [-0.2, -0.15) is 13.2 Å². The number of hydrogen-bond acceptors (Lipinski definition) is 3. The summed E-state index contributed by atoms with van der Waals surface area (Å²) in [6.07, 6.45) is -5.38. The van der Waals surface area contributed by atoms with Crippen LogP contribution in [0.2, 0.25) is 0 Å². The third-order valence-corrected chi connectivity index (χ3v) is 3.85. The van der Waals surface area contributed by atoms with E-state index in [9.17, 15) is 23.3 Å². The molecular weight excluding hydrogens is 389 g/mol. The summed E-state index contributed by atoms with van der Waals surface area (Å²) < 4.78 is 38.4. The molecule has 0 spiro atoms. The Balaban J connectivity index is 2.36. The predicted molar refractivity (Wildman–Crippen MR) is 89.0 cm³/mol. The fraction of sp³-hybridized carbons (Fsp3) is 0.250. The molecule has 0 aliphatic rings. The van der Waals surface area contributed by atoms with E-state index < -0.39 is 17.5 Å². The highest BCUT2D eigenvalue weighted by Crippen LogP contribution is 2.33. The van der Waals surface area contributed by atoms with Crippen LogP contribution in [0.1, 0.15) is 12.0 Å². The Bertz CT molecular complexity index is 708. The van der Waals surface area contributed by atoms with Gasteiger partial charge in [0, 0.05) is 23.6 Å². The topological polar surface area (TPSA) is 46.4 Å². The average molecular weight is 403 g/mol. The molecule has 24 heavy (non-hydrogen) atoms. The Labute approximate surface area is 145 Å². The summed E-state index contributed by atoms with van der Waals surface area (Å²) in [4.78, 5) is 12.1. The summed E-state index contributed by atoms with van der Waals surface area (Å²) >= 11 is 3.15. The van der Waals surface area contributed by atoms with Gasteiger partial charge in [-0.25, -0.2) is 0 Å². The molecule has 0 aliphatic heterocycles. The molecule has 0 saturated heterocycles. The van der Waals surface area contributed by atoms with E-state index in [1.165, 1.54) is 17.0 Å². The van der Waals surface area contributed by atoms with Crippen molar-refractivity contribution in [1.29, 1.82) is 0 Å².